The van der Waals surface area contributed by atoms with Crippen LogP contribution in [0.5, 0.6) is 17.2 Å². The van der Waals surface area contributed by atoms with E-state index in [0.29, 0.717) is 23.2 Å². The number of carbonyl (C=O) groups is 1. The van der Waals surface area contributed by atoms with Gasteiger partial charge in [0.1, 0.15) is 12.4 Å². The second-order valence-corrected chi connectivity index (χ2v) is 9.08. The van der Waals surface area contributed by atoms with Gasteiger partial charge in [0, 0.05) is 31.1 Å². The van der Waals surface area contributed by atoms with Gasteiger partial charge in [0.05, 0.1) is 32.8 Å². The molecule has 0 bridgehead atoms. The highest BCUT2D eigenvalue weighted by Crippen LogP contribution is 2.40. The Hall–Kier alpha value is -3.75. The average Bonchev–Trinajstić information content (AvgIpc) is 2.90. The Labute approximate surface area is 211 Å². The van der Waals surface area contributed by atoms with Crippen LogP contribution in [0.2, 0.25) is 0 Å². The molecule has 0 atom stereocenters. The standard InChI is InChI=1S/C27H34N4O5/c1-31(2)25-20-8-6-7-9-21(20)29-27(30-25)28-19-13-10-17(11-14-19)26(32)36-16-18-12-15-22(33-3)24(35-5)23(18)34-4/h6-9,12,15,17,19H,10-11,13-14,16H2,1-5H3,(H,28,29,30). The Morgan fingerprint density at radius 1 is 0.944 bits per heavy atom. The fraction of sp³-hybridized carbons (Fsp3) is 0.444. The van der Waals surface area contributed by atoms with E-state index in [0.717, 1.165) is 48.0 Å². The van der Waals surface area contributed by atoms with E-state index >= 15 is 0 Å². The van der Waals surface area contributed by atoms with Crippen molar-refractivity contribution in [2.45, 2.75) is 38.3 Å². The van der Waals surface area contributed by atoms with Crippen molar-refractivity contribution in [1.82, 2.24) is 9.97 Å². The normalized spacial score (nSPS) is 17.4. The summed E-state index contributed by atoms with van der Waals surface area (Å²) in [5, 5.41) is 4.50. The van der Waals surface area contributed by atoms with Crippen LogP contribution in [0.1, 0.15) is 31.2 Å². The largest absolute Gasteiger partial charge is 0.493 e. The Balaban J connectivity index is 1.35. The van der Waals surface area contributed by atoms with Gasteiger partial charge >= 0.3 is 5.97 Å². The summed E-state index contributed by atoms with van der Waals surface area (Å²) in [6.45, 7) is 0.110. The van der Waals surface area contributed by atoms with Crippen molar-refractivity contribution in [3.8, 4) is 17.2 Å². The van der Waals surface area contributed by atoms with E-state index in [1.807, 2.05) is 49.3 Å². The lowest BCUT2D eigenvalue weighted by Gasteiger charge is -2.28. The third-order valence-electron chi connectivity index (χ3n) is 6.56. The van der Waals surface area contributed by atoms with Crippen LogP contribution < -0.4 is 24.4 Å². The number of aromatic nitrogens is 2. The molecule has 1 saturated carbocycles. The number of anilines is 2. The zero-order valence-electron chi connectivity index (χ0n) is 21.5. The van der Waals surface area contributed by atoms with Gasteiger partial charge in [-0.25, -0.2) is 4.98 Å². The molecular formula is C27H34N4O5. The molecule has 0 unspecified atom stereocenters. The van der Waals surface area contributed by atoms with Crippen LogP contribution in [0.4, 0.5) is 11.8 Å². The molecule has 1 heterocycles. The maximum Gasteiger partial charge on any atom is 0.309 e. The molecule has 4 rings (SSSR count). The summed E-state index contributed by atoms with van der Waals surface area (Å²) >= 11 is 0. The van der Waals surface area contributed by atoms with Crippen molar-refractivity contribution in [2.75, 3.05) is 45.6 Å². The smallest absolute Gasteiger partial charge is 0.309 e. The summed E-state index contributed by atoms with van der Waals surface area (Å²) in [6.07, 6.45) is 3.17. The van der Waals surface area contributed by atoms with Crippen LogP contribution in [-0.2, 0) is 16.1 Å². The zero-order chi connectivity index (χ0) is 25.7. The quantitative estimate of drug-likeness (QED) is 0.433. The monoisotopic (exact) mass is 494 g/mol. The van der Waals surface area contributed by atoms with Crippen LogP contribution in [0, 0.1) is 5.92 Å². The molecule has 0 radical (unpaired) electrons. The molecular weight excluding hydrogens is 460 g/mol. The number of para-hydroxylation sites is 1. The fourth-order valence-corrected chi connectivity index (χ4v) is 4.66. The Kier molecular flexibility index (Phi) is 7.97. The summed E-state index contributed by atoms with van der Waals surface area (Å²) in [7, 11) is 8.62. The van der Waals surface area contributed by atoms with E-state index in [1.165, 1.54) is 0 Å². The van der Waals surface area contributed by atoms with Gasteiger partial charge < -0.3 is 29.2 Å². The predicted molar refractivity (Wildman–Crippen MR) is 139 cm³/mol. The Morgan fingerprint density at radius 2 is 1.67 bits per heavy atom. The van der Waals surface area contributed by atoms with E-state index in [4.69, 9.17) is 28.9 Å². The summed E-state index contributed by atoms with van der Waals surface area (Å²) in [5.41, 5.74) is 1.63. The number of hydrogen-bond donors (Lipinski definition) is 1. The molecule has 0 saturated heterocycles. The van der Waals surface area contributed by atoms with Gasteiger partial charge in [-0.2, -0.15) is 4.98 Å². The molecule has 0 aliphatic heterocycles. The molecule has 0 amide bonds. The first kappa shape index (κ1) is 25.3. The van der Waals surface area contributed by atoms with Crippen molar-refractivity contribution < 1.29 is 23.7 Å². The molecule has 2 aromatic carbocycles. The van der Waals surface area contributed by atoms with E-state index in [-0.39, 0.29) is 24.5 Å². The van der Waals surface area contributed by atoms with E-state index in [2.05, 4.69) is 5.32 Å². The van der Waals surface area contributed by atoms with Gasteiger partial charge in [-0.1, -0.05) is 12.1 Å². The number of ether oxygens (including phenoxy) is 4. The number of carbonyl (C=O) groups excluding carboxylic acids is 1. The van der Waals surface area contributed by atoms with Crippen molar-refractivity contribution in [3.05, 3.63) is 42.0 Å². The number of nitrogens with one attached hydrogen (secondary N) is 1. The lowest BCUT2D eigenvalue weighted by atomic mass is 9.86. The molecule has 9 heteroatoms. The molecule has 1 fully saturated rings. The summed E-state index contributed by atoms with van der Waals surface area (Å²) in [4.78, 5) is 24.2. The van der Waals surface area contributed by atoms with Gasteiger partial charge in [0.25, 0.3) is 0 Å². The minimum atomic E-state index is -0.192. The predicted octanol–water partition coefficient (Wildman–Crippen LogP) is 4.44. The van der Waals surface area contributed by atoms with Crippen LogP contribution in [0.25, 0.3) is 10.9 Å². The highest BCUT2D eigenvalue weighted by atomic mass is 16.5. The van der Waals surface area contributed by atoms with Gasteiger partial charge in [-0.05, 0) is 49.9 Å². The maximum absolute atomic E-state index is 12.8. The topological polar surface area (TPSA) is 95.0 Å². The average molecular weight is 495 g/mol. The first-order valence-corrected chi connectivity index (χ1v) is 12.1. The van der Waals surface area contributed by atoms with Crippen molar-refractivity contribution in [1.29, 1.82) is 0 Å². The van der Waals surface area contributed by atoms with E-state index in [9.17, 15) is 4.79 Å². The molecule has 36 heavy (non-hydrogen) atoms. The maximum atomic E-state index is 12.8. The SMILES string of the molecule is COc1ccc(COC(=O)C2CCC(Nc3nc(N(C)C)c4ccccc4n3)CC2)c(OC)c1OC. The molecule has 1 aliphatic carbocycles. The van der Waals surface area contributed by atoms with Crippen LogP contribution in [0.3, 0.4) is 0 Å². The van der Waals surface area contributed by atoms with Gasteiger partial charge in [-0.15, -0.1) is 0 Å². The third-order valence-corrected chi connectivity index (χ3v) is 6.56. The number of benzene rings is 2. The second-order valence-electron chi connectivity index (χ2n) is 9.08. The highest BCUT2D eigenvalue weighted by Gasteiger charge is 2.28. The first-order valence-electron chi connectivity index (χ1n) is 12.1. The number of fused-ring (bicyclic) bond motifs is 1. The molecule has 1 N–H and O–H groups in total. The molecule has 1 aliphatic rings. The molecule has 1 aromatic heterocycles. The minimum absolute atomic E-state index is 0.110. The van der Waals surface area contributed by atoms with Crippen LogP contribution >= 0.6 is 0 Å². The number of methoxy groups -OCH3 is 3. The highest BCUT2D eigenvalue weighted by molar-refractivity contribution is 5.90. The van der Waals surface area contributed by atoms with Crippen LogP contribution in [0.15, 0.2) is 36.4 Å². The van der Waals surface area contributed by atoms with Crippen molar-refractivity contribution in [2.24, 2.45) is 5.92 Å². The van der Waals surface area contributed by atoms with Crippen LogP contribution in [-0.4, -0.2) is 57.4 Å². The molecule has 0 spiro atoms. The lowest BCUT2D eigenvalue weighted by Crippen LogP contribution is -2.31. The van der Waals surface area contributed by atoms with Gasteiger partial charge in [-0.3, -0.25) is 4.79 Å². The number of hydrogen-bond acceptors (Lipinski definition) is 9. The summed E-state index contributed by atoms with van der Waals surface area (Å²) in [5.74, 6) is 2.71. The zero-order valence-corrected chi connectivity index (χ0v) is 21.5. The summed E-state index contributed by atoms with van der Waals surface area (Å²) in [6, 6.07) is 11.8. The first-order chi connectivity index (χ1) is 17.4. The van der Waals surface area contributed by atoms with Crippen molar-refractivity contribution >= 4 is 28.6 Å². The van der Waals surface area contributed by atoms with Gasteiger partial charge in [0.2, 0.25) is 11.7 Å². The molecule has 192 valence electrons. The molecule has 3 aromatic rings. The molecule has 9 nitrogen and oxygen atoms in total. The van der Waals surface area contributed by atoms with E-state index in [1.54, 1.807) is 27.4 Å². The third kappa shape index (κ3) is 5.40. The number of nitrogens with zero attached hydrogens (tertiary/aromatic N) is 3. The van der Waals surface area contributed by atoms with E-state index < -0.39 is 0 Å². The fourth-order valence-electron chi connectivity index (χ4n) is 4.66. The van der Waals surface area contributed by atoms with Crippen molar-refractivity contribution in [3.63, 3.8) is 0 Å². The number of esters is 1. The second kappa shape index (κ2) is 11.3. The number of rotatable bonds is 9. The lowest BCUT2D eigenvalue weighted by molar-refractivity contribution is -0.151. The Morgan fingerprint density at radius 3 is 2.33 bits per heavy atom. The van der Waals surface area contributed by atoms with Gasteiger partial charge in [0.15, 0.2) is 11.5 Å². The minimum Gasteiger partial charge on any atom is -0.493 e. The Bertz CT molecular complexity index is 1210. The summed E-state index contributed by atoms with van der Waals surface area (Å²) < 4.78 is 21.9.